The molecule has 0 amide bonds. The molecule has 4 nitrogen and oxygen atoms in total. The first-order valence-electron chi connectivity index (χ1n) is 6.77. The van der Waals surface area contributed by atoms with Crippen LogP contribution in [-0.4, -0.2) is 34.0 Å². The summed E-state index contributed by atoms with van der Waals surface area (Å²) in [6, 6.07) is 0. The summed E-state index contributed by atoms with van der Waals surface area (Å²) in [5, 5.41) is 21.5. The van der Waals surface area contributed by atoms with Gasteiger partial charge in [-0.15, -0.1) is 0 Å². The molecule has 0 radical (unpaired) electrons. The molecule has 1 aliphatic heterocycles. The Hall–Kier alpha value is -0.970. The quantitative estimate of drug-likeness (QED) is 0.689. The molecule has 5 unspecified atom stereocenters. The fraction of sp³-hybridized carbons (Fsp3) is 0.667. The van der Waals surface area contributed by atoms with Crippen LogP contribution in [0.5, 0.6) is 0 Å². The van der Waals surface area contributed by atoms with Crippen molar-refractivity contribution in [3.8, 4) is 0 Å². The molecule has 1 fully saturated rings. The Morgan fingerprint density at radius 2 is 2.00 bits per heavy atom. The number of carbonyl (C=O) groups is 1. The van der Waals surface area contributed by atoms with Crippen molar-refractivity contribution < 1.29 is 19.7 Å². The number of carbonyl (C=O) groups excluding carboxylic acids is 1. The van der Waals surface area contributed by atoms with Crippen LogP contribution < -0.4 is 0 Å². The highest BCUT2D eigenvalue weighted by Crippen LogP contribution is 2.57. The van der Waals surface area contributed by atoms with E-state index >= 15 is 0 Å². The molecular weight excluding hydrogens is 244 g/mol. The highest BCUT2D eigenvalue weighted by atomic mass is 16.6. The molecule has 19 heavy (non-hydrogen) atoms. The standard InChI is InChI=1S/C15H20O4/c1-9-7-19-15(18)6-11-4-5-12(16)10(2)13(11,3)8-14(9,15)17/h4-6,9-10,17-18H,7-8H2,1-3H3. The maximum Gasteiger partial charge on any atom is 0.216 e. The van der Waals surface area contributed by atoms with E-state index in [4.69, 9.17) is 4.74 Å². The summed E-state index contributed by atoms with van der Waals surface area (Å²) in [6.45, 7) is 6.05. The first kappa shape index (κ1) is 13.0. The van der Waals surface area contributed by atoms with Crippen molar-refractivity contribution in [3.05, 3.63) is 23.8 Å². The number of hydrogen-bond acceptors (Lipinski definition) is 4. The van der Waals surface area contributed by atoms with Gasteiger partial charge in [0.1, 0.15) is 5.60 Å². The van der Waals surface area contributed by atoms with Crippen LogP contribution in [0.4, 0.5) is 0 Å². The van der Waals surface area contributed by atoms with Gasteiger partial charge in [-0.2, -0.15) is 0 Å². The van der Waals surface area contributed by atoms with E-state index < -0.39 is 16.8 Å². The summed E-state index contributed by atoms with van der Waals surface area (Å²) in [5.74, 6) is -1.93. The first-order valence-corrected chi connectivity index (χ1v) is 6.77. The molecule has 5 atom stereocenters. The predicted octanol–water partition coefficient (Wildman–Crippen LogP) is 1.18. The van der Waals surface area contributed by atoms with Gasteiger partial charge < -0.3 is 14.9 Å². The van der Waals surface area contributed by atoms with Crippen molar-refractivity contribution >= 4 is 5.78 Å². The monoisotopic (exact) mass is 264 g/mol. The highest BCUT2D eigenvalue weighted by Gasteiger charge is 2.64. The van der Waals surface area contributed by atoms with Crippen LogP contribution in [-0.2, 0) is 9.53 Å². The second kappa shape index (κ2) is 3.57. The zero-order chi connectivity index (χ0) is 14.1. The normalized spacial score (nSPS) is 52.7. The summed E-state index contributed by atoms with van der Waals surface area (Å²) in [4.78, 5) is 11.9. The Balaban J connectivity index is 2.17. The molecule has 1 saturated heterocycles. The second-order valence-corrected chi connectivity index (χ2v) is 6.48. The van der Waals surface area contributed by atoms with Crippen LogP contribution in [0.15, 0.2) is 23.8 Å². The van der Waals surface area contributed by atoms with Gasteiger partial charge in [0, 0.05) is 17.3 Å². The van der Waals surface area contributed by atoms with Crippen molar-refractivity contribution in [3.63, 3.8) is 0 Å². The van der Waals surface area contributed by atoms with Gasteiger partial charge in [0.2, 0.25) is 5.79 Å². The van der Waals surface area contributed by atoms with E-state index in [1.165, 1.54) is 0 Å². The lowest BCUT2D eigenvalue weighted by molar-refractivity contribution is -0.242. The van der Waals surface area contributed by atoms with Crippen molar-refractivity contribution in [1.82, 2.24) is 0 Å². The summed E-state index contributed by atoms with van der Waals surface area (Å²) in [6.07, 6.45) is 5.22. The number of rotatable bonds is 0. The highest BCUT2D eigenvalue weighted by molar-refractivity contribution is 5.94. The molecule has 3 aliphatic rings. The zero-order valence-corrected chi connectivity index (χ0v) is 11.5. The van der Waals surface area contributed by atoms with Gasteiger partial charge >= 0.3 is 0 Å². The molecular formula is C15H20O4. The van der Waals surface area contributed by atoms with Gasteiger partial charge in [0.25, 0.3) is 0 Å². The molecule has 0 spiro atoms. The number of aliphatic hydroxyl groups is 2. The van der Waals surface area contributed by atoms with E-state index in [0.29, 0.717) is 13.0 Å². The third-order valence-corrected chi connectivity index (χ3v) is 5.45. The second-order valence-electron chi connectivity index (χ2n) is 6.48. The van der Waals surface area contributed by atoms with Gasteiger partial charge in [-0.3, -0.25) is 4.79 Å². The molecule has 0 aromatic heterocycles. The van der Waals surface area contributed by atoms with Gasteiger partial charge in [-0.1, -0.05) is 26.8 Å². The van der Waals surface area contributed by atoms with Crippen LogP contribution in [0, 0.1) is 17.3 Å². The lowest BCUT2D eigenvalue weighted by atomic mass is 9.56. The van der Waals surface area contributed by atoms with Crippen LogP contribution >= 0.6 is 0 Å². The van der Waals surface area contributed by atoms with E-state index in [2.05, 4.69) is 0 Å². The minimum Gasteiger partial charge on any atom is -0.383 e. The van der Waals surface area contributed by atoms with Crippen molar-refractivity contribution in [2.75, 3.05) is 6.61 Å². The van der Waals surface area contributed by atoms with Crippen LogP contribution in [0.25, 0.3) is 0 Å². The molecule has 0 saturated carbocycles. The molecule has 2 aliphatic carbocycles. The van der Waals surface area contributed by atoms with Gasteiger partial charge in [0.15, 0.2) is 5.78 Å². The maximum atomic E-state index is 11.9. The Morgan fingerprint density at radius 1 is 1.32 bits per heavy atom. The number of hydrogen-bond donors (Lipinski definition) is 2. The summed E-state index contributed by atoms with van der Waals surface area (Å²) >= 11 is 0. The lowest BCUT2D eigenvalue weighted by Crippen LogP contribution is -2.60. The van der Waals surface area contributed by atoms with Crippen molar-refractivity contribution in [2.24, 2.45) is 17.3 Å². The van der Waals surface area contributed by atoms with Crippen LogP contribution in [0.3, 0.4) is 0 Å². The predicted molar refractivity (Wildman–Crippen MR) is 69.1 cm³/mol. The number of fused-ring (bicyclic) bond motifs is 2. The van der Waals surface area contributed by atoms with E-state index in [9.17, 15) is 15.0 Å². The third-order valence-electron chi connectivity index (χ3n) is 5.45. The smallest absolute Gasteiger partial charge is 0.216 e. The Bertz CT molecular complexity index is 508. The minimum atomic E-state index is -1.63. The third kappa shape index (κ3) is 1.42. The SMILES string of the molecule is CC1C(=O)C=CC2=CC3(O)OCC(C)C3(O)CC21C. The summed E-state index contributed by atoms with van der Waals surface area (Å²) in [7, 11) is 0. The van der Waals surface area contributed by atoms with Crippen LogP contribution in [0.2, 0.25) is 0 Å². The zero-order valence-electron chi connectivity index (χ0n) is 11.5. The minimum absolute atomic E-state index is 0.0697. The molecule has 4 heteroatoms. The molecule has 0 aromatic carbocycles. The Kier molecular flexibility index (Phi) is 2.45. The summed E-state index contributed by atoms with van der Waals surface area (Å²) in [5.41, 5.74) is -0.902. The average Bonchev–Trinajstić information content (AvgIpc) is 2.56. The van der Waals surface area contributed by atoms with Crippen molar-refractivity contribution in [2.45, 2.75) is 38.6 Å². The van der Waals surface area contributed by atoms with E-state index in [1.807, 2.05) is 20.8 Å². The summed E-state index contributed by atoms with van der Waals surface area (Å²) < 4.78 is 5.43. The average molecular weight is 264 g/mol. The Morgan fingerprint density at radius 3 is 2.68 bits per heavy atom. The fourth-order valence-corrected chi connectivity index (χ4v) is 3.64. The lowest BCUT2D eigenvalue weighted by Gasteiger charge is -2.51. The van der Waals surface area contributed by atoms with E-state index in [1.54, 1.807) is 18.2 Å². The maximum absolute atomic E-state index is 11.9. The van der Waals surface area contributed by atoms with Gasteiger partial charge in [-0.25, -0.2) is 0 Å². The van der Waals surface area contributed by atoms with E-state index in [0.717, 1.165) is 5.57 Å². The molecule has 3 rings (SSSR count). The molecule has 0 aromatic rings. The Labute approximate surface area is 112 Å². The number of allylic oxidation sites excluding steroid dienone is 3. The molecule has 0 bridgehead atoms. The first-order chi connectivity index (χ1) is 8.73. The largest absolute Gasteiger partial charge is 0.383 e. The fourth-order valence-electron chi connectivity index (χ4n) is 3.64. The number of ether oxygens (including phenoxy) is 1. The molecule has 2 N–H and O–H groups in total. The van der Waals surface area contributed by atoms with Crippen LogP contribution in [0.1, 0.15) is 27.2 Å². The van der Waals surface area contributed by atoms with Gasteiger partial charge in [0.05, 0.1) is 6.61 Å². The molecule has 1 heterocycles. The van der Waals surface area contributed by atoms with Crippen molar-refractivity contribution in [1.29, 1.82) is 0 Å². The topological polar surface area (TPSA) is 66.8 Å². The van der Waals surface area contributed by atoms with Gasteiger partial charge in [-0.05, 0) is 24.1 Å². The number of ketones is 1. The van der Waals surface area contributed by atoms with E-state index in [-0.39, 0.29) is 17.6 Å². The molecule has 104 valence electrons.